The third-order valence-electron chi connectivity index (χ3n) is 4.25. The molecule has 1 N–H and O–H groups in total. The first kappa shape index (κ1) is 15.8. The molecule has 0 spiro atoms. The Bertz CT molecular complexity index is 468. The average molecular weight is 290 g/mol. The molecule has 0 aliphatic heterocycles. The summed E-state index contributed by atoms with van der Waals surface area (Å²) in [5.41, 5.74) is 1.14. The van der Waals surface area contributed by atoms with Gasteiger partial charge in [0.2, 0.25) is 0 Å². The van der Waals surface area contributed by atoms with Gasteiger partial charge in [-0.1, -0.05) is 31.4 Å². The van der Waals surface area contributed by atoms with Crippen molar-refractivity contribution in [1.82, 2.24) is 10.2 Å². The number of nitrogens with zero attached hydrogens (tertiary/aromatic N) is 1. The van der Waals surface area contributed by atoms with E-state index in [1.54, 1.807) is 0 Å². The fourth-order valence-electron chi connectivity index (χ4n) is 2.69. The fourth-order valence-corrected chi connectivity index (χ4v) is 2.69. The number of benzene rings is 1. The second-order valence-electron chi connectivity index (χ2n) is 6.08. The lowest BCUT2D eigenvalue weighted by atomic mass is 9.96. The van der Waals surface area contributed by atoms with Gasteiger partial charge in [-0.2, -0.15) is 0 Å². The lowest BCUT2D eigenvalue weighted by Gasteiger charge is -2.23. The highest BCUT2D eigenvalue weighted by Crippen LogP contribution is 2.22. The number of hydrogen-bond acceptors (Lipinski definition) is 3. The van der Waals surface area contributed by atoms with Crippen molar-refractivity contribution in [2.75, 3.05) is 14.1 Å². The number of ether oxygens (including phenoxy) is 1. The van der Waals surface area contributed by atoms with Crippen molar-refractivity contribution in [2.45, 2.75) is 51.1 Å². The maximum atomic E-state index is 12.0. The van der Waals surface area contributed by atoms with Crippen molar-refractivity contribution >= 4 is 6.09 Å². The minimum Gasteiger partial charge on any atom is -0.410 e. The van der Waals surface area contributed by atoms with Crippen LogP contribution in [0.4, 0.5) is 4.79 Å². The Hall–Kier alpha value is -1.55. The Morgan fingerprint density at radius 3 is 2.67 bits per heavy atom. The molecule has 1 unspecified atom stereocenters. The van der Waals surface area contributed by atoms with Crippen LogP contribution in [0.2, 0.25) is 0 Å². The first-order chi connectivity index (χ1) is 10.1. The molecule has 4 nitrogen and oxygen atoms in total. The molecule has 116 valence electrons. The molecule has 1 atom stereocenters. The van der Waals surface area contributed by atoms with Gasteiger partial charge in [0.1, 0.15) is 5.75 Å². The Balaban J connectivity index is 1.92. The molecule has 1 aromatic rings. The highest BCUT2D eigenvalue weighted by atomic mass is 16.6. The number of nitrogens with one attached hydrogen (secondary N) is 1. The summed E-state index contributed by atoms with van der Waals surface area (Å²) < 4.78 is 5.42. The monoisotopic (exact) mass is 290 g/mol. The molecule has 1 aromatic carbocycles. The largest absolute Gasteiger partial charge is 0.412 e. The van der Waals surface area contributed by atoms with Crippen molar-refractivity contribution in [1.29, 1.82) is 0 Å². The lowest BCUT2D eigenvalue weighted by molar-refractivity contribution is 0.192. The van der Waals surface area contributed by atoms with Crippen LogP contribution in [0.5, 0.6) is 5.75 Å². The Labute approximate surface area is 127 Å². The summed E-state index contributed by atoms with van der Waals surface area (Å²) in [6, 6.07) is 8.30. The maximum Gasteiger partial charge on any atom is 0.412 e. The molecule has 0 heterocycles. The molecular formula is C17H26N2O2. The topological polar surface area (TPSA) is 41.6 Å². The fraction of sp³-hybridized carbons (Fsp3) is 0.588. The summed E-state index contributed by atoms with van der Waals surface area (Å²) in [4.78, 5) is 14.1. The molecule has 0 aromatic heterocycles. The van der Waals surface area contributed by atoms with Crippen LogP contribution in [0.15, 0.2) is 24.3 Å². The molecule has 1 saturated carbocycles. The third kappa shape index (κ3) is 4.74. The van der Waals surface area contributed by atoms with E-state index in [1.165, 1.54) is 19.3 Å². The molecule has 21 heavy (non-hydrogen) atoms. The summed E-state index contributed by atoms with van der Waals surface area (Å²) in [6.07, 6.45) is 5.45. The molecule has 1 aliphatic carbocycles. The summed E-state index contributed by atoms with van der Waals surface area (Å²) in [5, 5.41) is 2.97. The summed E-state index contributed by atoms with van der Waals surface area (Å²) in [5.74, 6) is 0.606. The predicted molar refractivity (Wildman–Crippen MR) is 84.6 cm³/mol. The van der Waals surface area contributed by atoms with Crippen LogP contribution in [-0.2, 0) is 0 Å². The van der Waals surface area contributed by atoms with Gasteiger partial charge in [0.25, 0.3) is 0 Å². The van der Waals surface area contributed by atoms with Gasteiger partial charge in [0.15, 0.2) is 0 Å². The summed E-state index contributed by atoms with van der Waals surface area (Å²) in [6.45, 7) is 2.13. The Morgan fingerprint density at radius 2 is 2.00 bits per heavy atom. The zero-order chi connectivity index (χ0) is 15.2. The smallest absolute Gasteiger partial charge is 0.410 e. The SMILES string of the molecule is CC(c1cccc(OC(=O)NC2CCCCC2)c1)N(C)C. The van der Waals surface area contributed by atoms with Crippen molar-refractivity contribution in [3.05, 3.63) is 29.8 Å². The predicted octanol–water partition coefficient (Wildman–Crippen LogP) is 3.73. The third-order valence-corrected chi connectivity index (χ3v) is 4.25. The van der Waals surface area contributed by atoms with Gasteiger partial charge in [-0.05, 0) is 51.6 Å². The number of amides is 1. The molecular weight excluding hydrogens is 264 g/mol. The lowest BCUT2D eigenvalue weighted by Crippen LogP contribution is -2.38. The average Bonchev–Trinajstić information content (AvgIpc) is 2.47. The van der Waals surface area contributed by atoms with E-state index in [1.807, 2.05) is 32.3 Å². The van der Waals surface area contributed by atoms with Crippen LogP contribution >= 0.6 is 0 Å². The van der Waals surface area contributed by atoms with Crippen molar-refractivity contribution in [3.8, 4) is 5.75 Å². The Morgan fingerprint density at radius 1 is 1.29 bits per heavy atom. The highest BCUT2D eigenvalue weighted by molar-refractivity contribution is 5.70. The molecule has 2 rings (SSSR count). The van der Waals surface area contributed by atoms with Gasteiger partial charge in [-0.3, -0.25) is 0 Å². The minimum absolute atomic E-state index is 0.273. The minimum atomic E-state index is -0.337. The highest BCUT2D eigenvalue weighted by Gasteiger charge is 2.17. The Kier molecular flexibility index (Phi) is 5.62. The molecule has 0 saturated heterocycles. The van der Waals surface area contributed by atoms with Gasteiger partial charge in [0, 0.05) is 12.1 Å². The van der Waals surface area contributed by atoms with E-state index in [-0.39, 0.29) is 18.2 Å². The normalized spacial score (nSPS) is 17.5. The first-order valence-electron chi connectivity index (χ1n) is 7.81. The van der Waals surface area contributed by atoms with Gasteiger partial charge < -0.3 is 15.0 Å². The van der Waals surface area contributed by atoms with Crippen molar-refractivity contribution in [2.24, 2.45) is 0 Å². The maximum absolute atomic E-state index is 12.0. The number of carbonyl (C=O) groups is 1. The van der Waals surface area contributed by atoms with E-state index in [0.717, 1.165) is 18.4 Å². The van der Waals surface area contributed by atoms with E-state index in [2.05, 4.69) is 23.2 Å². The van der Waals surface area contributed by atoms with E-state index in [0.29, 0.717) is 5.75 Å². The molecule has 0 radical (unpaired) electrons. The zero-order valence-corrected chi connectivity index (χ0v) is 13.3. The summed E-state index contributed by atoms with van der Waals surface area (Å²) in [7, 11) is 4.07. The van der Waals surface area contributed by atoms with Gasteiger partial charge >= 0.3 is 6.09 Å². The summed E-state index contributed by atoms with van der Waals surface area (Å²) >= 11 is 0. The van der Waals surface area contributed by atoms with Crippen molar-refractivity contribution < 1.29 is 9.53 Å². The molecule has 1 amide bonds. The second kappa shape index (κ2) is 7.46. The second-order valence-corrected chi connectivity index (χ2v) is 6.08. The van der Waals surface area contributed by atoms with Crippen molar-refractivity contribution in [3.63, 3.8) is 0 Å². The van der Waals surface area contributed by atoms with Crippen LogP contribution in [0.25, 0.3) is 0 Å². The molecule has 1 aliphatic rings. The number of carbonyl (C=O) groups excluding carboxylic acids is 1. The first-order valence-corrected chi connectivity index (χ1v) is 7.81. The van der Waals surface area contributed by atoms with Crippen LogP contribution in [0, 0.1) is 0 Å². The van der Waals surface area contributed by atoms with Crippen LogP contribution < -0.4 is 10.1 Å². The van der Waals surface area contributed by atoms with Gasteiger partial charge in [-0.15, -0.1) is 0 Å². The molecule has 1 fully saturated rings. The van der Waals surface area contributed by atoms with Gasteiger partial charge in [-0.25, -0.2) is 4.79 Å². The molecule has 0 bridgehead atoms. The quantitative estimate of drug-likeness (QED) is 0.918. The molecule has 4 heteroatoms. The standard InChI is InChI=1S/C17H26N2O2/c1-13(19(2)3)14-8-7-11-16(12-14)21-17(20)18-15-9-5-4-6-10-15/h7-8,11-13,15H,4-6,9-10H2,1-3H3,(H,18,20). The van der Waals surface area contributed by atoms with Gasteiger partial charge in [0.05, 0.1) is 0 Å². The zero-order valence-electron chi connectivity index (χ0n) is 13.3. The van der Waals surface area contributed by atoms with Crippen LogP contribution in [0.3, 0.4) is 0 Å². The van der Waals surface area contributed by atoms with E-state index >= 15 is 0 Å². The van der Waals surface area contributed by atoms with Crippen LogP contribution in [-0.4, -0.2) is 31.1 Å². The van der Waals surface area contributed by atoms with E-state index < -0.39 is 0 Å². The van der Waals surface area contributed by atoms with Crippen LogP contribution in [0.1, 0.15) is 50.6 Å². The number of rotatable bonds is 4. The van der Waals surface area contributed by atoms with E-state index in [9.17, 15) is 4.79 Å². The van der Waals surface area contributed by atoms with E-state index in [4.69, 9.17) is 4.74 Å². The number of hydrogen-bond donors (Lipinski definition) is 1.